The first-order valence-corrected chi connectivity index (χ1v) is 8.07. The number of nitrogens with one attached hydrogen (secondary N) is 2. The lowest BCUT2D eigenvalue weighted by Gasteiger charge is -2.16. The van der Waals surface area contributed by atoms with Gasteiger partial charge in [0.05, 0.1) is 0 Å². The van der Waals surface area contributed by atoms with E-state index in [4.69, 9.17) is 5.11 Å². The normalized spacial score (nSPS) is 20.2. The van der Waals surface area contributed by atoms with Crippen LogP contribution in [-0.2, 0) is 4.79 Å². The van der Waals surface area contributed by atoms with Crippen molar-refractivity contribution in [2.75, 3.05) is 17.2 Å². The third-order valence-electron chi connectivity index (χ3n) is 4.36. The third-order valence-corrected chi connectivity index (χ3v) is 4.36. The number of rotatable bonds is 5. The van der Waals surface area contributed by atoms with Gasteiger partial charge in [0.15, 0.2) is 0 Å². The maximum Gasteiger partial charge on any atom is 0.250 e. The number of carbonyl (C=O) groups is 1. The van der Waals surface area contributed by atoms with Crippen molar-refractivity contribution >= 4 is 17.3 Å². The Hall–Kier alpha value is -2.33. The third kappa shape index (κ3) is 4.11. The number of aliphatic hydroxyl groups excluding tert-OH is 1. The van der Waals surface area contributed by atoms with E-state index < -0.39 is 12.5 Å². The average molecular weight is 310 g/mol. The van der Waals surface area contributed by atoms with Gasteiger partial charge in [-0.05, 0) is 48.9 Å². The minimum absolute atomic E-state index is 0.396. The highest BCUT2D eigenvalue weighted by molar-refractivity contribution is 5.91. The largest absolute Gasteiger partial charge is 0.387 e. The molecule has 2 atom stereocenters. The van der Waals surface area contributed by atoms with Crippen LogP contribution in [0.3, 0.4) is 0 Å². The molecule has 1 fully saturated rings. The maximum absolute atomic E-state index is 11.3. The van der Waals surface area contributed by atoms with Crippen molar-refractivity contribution in [1.82, 2.24) is 0 Å². The van der Waals surface area contributed by atoms with E-state index in [1.807, 2.05) is 24.3 Å². The van der Waals surface area contributed by atoms with E-state index in [0.29, 0.717) is 17.6 Å². The highest BCUT2D eigenvalue weighted by atomic mass is 16.3. The Balaban J connectivity index is 1.60. The topological polar surface area (TPSA) is 61.4 Å². The molecule has 0 aliphatic heterocycles. The Labute approximate surface area is 136 Å². The zero-order valence-corrected chi connectivity index (χ0v) is 13.0. The molecule has 4 heteroatoms. The zero-order valence-electron chi connectivity index (χ0n) is 13.0. The van der Waals surface area contributed by atoms with Gasteiger partial charge >= 0.3 is 0 Å². The van der Waals surface area contributed by atoms with Gasteiger partial charge in [-0.25, -0.2) is 0 Å². The van der Waals surface area contributed by atoms with Crippen LogP contribution in [0.2, 0.25) is 0 Å². The first-order valence-electron chi connectivity index (χ1n) is 8.07. The summed E-state index contributed by atoms with van der Waals surface area (Å²) in [5, 5.41) is 15.0. The Morgan fingerprint density at radius 2 is 1.83 bits per heavy atom. The molecule has 2 aromatic carbocycles. The summed E-state index contributed by atoms with van der Waals surface area (Å²) >= 11 is 0. The summed E-state index contributed by atoms with van der Waals surface area (Å²) in [4.78, 5) is 11.3. The van der Waals surface area contributed by atoms with Gasteiger partial charge in [0.25, 0.3) is 0 Å². The predicted octanol–water partition coefficient (Wildman–Crippen LogP) is 3.37. The highest BCUT2D eigenvalue weighted by Gasteiger charge is 2.25. The monoisotopic (exact) mass is 310 g/mol. The quantitative estimate of drug-likeness (QED) is 0.793. The molecule has 3 N–H and O–H groups in total. The molecule has 1 saturated carbocycles. The fourth-order valence-electron chi connectivity index (χ4n) is 3.26. The molecule has 0 aromatic heterocycles. The lowest BCUT2D eigenvalue weighted by molar-refractivity contribution is -0.118. The summed E-state index contributed by atoms with van der Waals surface area (Å²) in [6.07, 6.45) is 3.46. The smallest absolute Gasteiger partial charge is 0.250 e. The van der Waals surface area contributed by atoms with Crippen LogP contribution in [0.15, 0.2) is 54.6 Å². The molecule has 120 valence electrons. The molecule has 0 radical (unpaired) electrons. The van der Waals surface area contributed by atoms with E-state index in [1.165, 1.54) is 12.0 Å². The summed E-state index contributed by atoms with van der Waals surface area (Å²) in [5.41, 5.74) is 3.12. The van der Waals surface area contributed by atoms with Crippen molar-refractivity contribution in [3.05, 3.63) is 60.2 Å². The van der Waals surface area contributed by atoms with Crippen molar-refractivity contribution in [1.29, 1.82) is 0 Å². The fourth-order valence-corrected chi connectivity index (χ4v) is 3.26. The van der Waals surface area contributed by atoms with E-state index in [-0.39, 0.29) is 0 Å². The molecule has 0 bridgehead atoms. The second-order valence-electron chi connectivity index (χ2n) is 6.05. The lowest BCUT2D eigenvalue weighted by Crippen LogP contribution is -2.17. The van der Waals surface area contributed by atoms with Crippen LogP contribution in [-0.4, -0.2) is 23.7 Å². The molecule has 3 rings (SSSR count). The minimum Gasteiger partial charge on any atom is -0.387 e. The molecule has 23 heavy (non-hydrogen) atoms. The van der Waals surface area contributed by atoms with Crippen LogP contribution < -0.4 is 10.6 Å². The summed E-state index contributed by atoms with van der Waals surface area (Å²) < 4.78 is 0. The first-order chi connectivity index (χ1) is 11.2. The molecule has 0 spiro atoms. The highest BCUT2D eigenvalue weighted by Crippen LogP contribution is 2.35. The average Bonchev–Trinajstić information content (AvgIpc) is 3.04. The minimum atomic E-state index is -0.501. The first kappa shape index (κ1) is 15.6. The van der Waals surface area contributed by atoms with Gasteiger partial charge in [0.2, 0.25) is 5.91 Å². The van der Waals surface area contributed by atoms with E-state index in [1.54, 1.807) is 0 Å². The lowest BCUT2D eigenvalue weighted by atomic mass is 9.98. The Bertz CT molecular complexity index is 657. The molecular weight excluding hydrogens is 288 g/mol. The van der Waals surface area contributed by atoms with Crippen molar-refractivity contribution in [2.24, 2.45) is 0 Å². The standard InChI is InChI=1S/C19H22N2O2/c22-13-19(23)21-17-8-4-7-16(12-17)20-18-10-9-15(11-18)14-5-2-1-3-6-14/h1-8,12,15,18,20,22H,9-11,13H2,(H,21,23)/t15-,18+/m1/s1. The van der Waals surface area contributed by atoms with Gasteiger partial charge in [0, 0.05) is 17.4 Å². The molecule has 0 unspecified atom stereocenters. The second-order valence-corrected chi connectivity index (χ2v) is 6.05. The summed E-state index contributed by atoms with van der Waals surface area (Å²) in [6, 6.07) is 18.8. The molecule has 0 saturated heterocycles. The van der Waals surface area contributed by atoms with Gasteiger partial charge < -0.3 is 15.7 Å². The van der Waals surface area contributed by atoms with Crippen LogP contribution in [0.5, 0.6) is 0 Å². The summed E-state index contributed by atoms with van der Waals surface area (Å²) in [6.45, 7) is -0.501. The molecule has 4 nitrogen and oxygen atoms in total. The number of amides is 1. The van der Waals surface area contributed by atoms with Gasteiger partial charge in [-0.3, -0.25) is 4.79 Å². The number of benzene rings is 2. The van der Waals surface area contributed by atoms with Gasteiger partial charge in [-0.1, -0.05) is 36.4 Å². The number of hydrogen-bond donors (Lipinski definition) is 3. The van der Waals surface area contributed by atoms with E-state index >= 15 is 0 Å². The Morgan fingerprint density at radius 1 is 1.04 bits per heavy atom. The second kappa shape index (κ2) is 7.29. The number of hydrogen-bond acceptors (Lipinski definition) is 3. The van der Waals surface area contributed by atoms with Gasteiger partial charge in [0.1, 0.15) is 6.61 Å². The summed E-state index contributed by atoms with van der Waals surface area (Å²) in [5.74, 6) is 0.220. The molecular formula is C19H22N2O2. The Morgan fingerprint density at radius 3 is 2.61 bits per heavy atom. The molecule has 1 aliphatic rings. The van der Waals surface area contributed by atoms with Crippen LogP contribution in [0, 0.1) is 0 Å². The van der Waals surface area contributed by atoms with Crippen molar-refractivity contribution in [2.45, 2.75) is 31.2 Å². The predicted molar refractivity (Wildman–Crippen MR) is 92.6 cm³/mol. The van der Waals surface area contributed by atoms with Crippen LogP contribution in [0.25, 0.3) is 0 Å². The zero-order chi connectivity index (χ0) is 16.1. The SMILES string of the molecule is O=C(CO)Nc1cccc(N[C@H]2CC[C@@H](c3ccccc3)C2)c1. The molecule has 0 heterocycles. The van der Waals surface area contributed by atoms with Crippen LogP contribution in [0.4, 0.5) is 11.4 Å². The van der Waals surface area contributed by atoms with E-state index in [0.717, 1.165) is 18.5 Å². The number of aliphatic hydroxyl groups is 1. The summed E-state index contributed by atoms with van der Waals surface area (Å²) in [7, 11) is 0. The number of anilines is 2. The molecule has 2 aromatic rings. The molecule has 1 aliphatic carbocycles. The van der Waals surface area contributed by atoms with E-state index in [2.05, 4.69) is 41.0 Å². The van der Waals surface area contributed by atoms with Crippen LogP contribution in [0.1, 0.15) is 30.7 Å². The molecule has 1 amide bonds. The van der Waals surface area contributed by atoms with Crippen molar-refractivity contribution in [3.63, 3.8) is 0 Å². The van der Waals surface area contributed by atoms with Crippen molar-refractivity contribution in [3.8, 4) is 0 Å². The maximum atomic E-state index is 11.3. The van der Waals surface area contributed by atoms with Crippen molar-refractivity contribution < 1.29 is 9.90 Å². The fraction of sp³-hybridized carbons (Fsp3) is 0.316. The van der Waals surface area contributed by atoms with Crippen LogP contribution >= 0.6 is 0 Å². The van der Waals surface area contributed by atoms with E-state index in [9.17, 15) is 4.79 Å². The number of carbonyl (C=O) groups excluding carboxylic acids is 1. The Kier molecular flexibility index (Phi) is 4.93. The van der Waals surface area contributed by atoms with Gasteiger partial charge in [-0.15, -0.1) is 0 Å². The van der Waals surface area contributed by atoms with Gasteiger partial charge in [-0.2, -0.15) is 0 Å².